The number of aromatic nitrogens is 2. The summed E-state index contributed by atoms with van der Waals surface area (Å²) < 4.78 is 14.3. The number of hydrazone groups is 1. The van der Waals surface area contributed by atoms with Crippen LogP contribution in [0.5, 0.6) is 0 Å². The molecular formula is C25H26FN7O. The molecule has 0 aliphatic heterocycles. The summed E-state index contributed by atoms with van der Waals surface area (Å²) >= 11 is 0. The highest BCUT2D eigenvalue weighted by Crippen LogP contribution is 2.22. The van der Waals surface area contributed by atoms with Crippen molar-refractivity contribution < 1.29 is 9.18 Å². The molecule has 174 valence electrons. The predicted octanol–water partition coefficient (Wildman–Crippen LogP) is 5.36. The van der Waals surface area contributed by atoms with Gasteiger partial charge in [-0.25, -0.2) is 9.37 Å². The number of amides is 1. The molecule has 0 spiro atoms. The minimum Gasteiger partial charge on any atom is -0.338 e. The van der Waals surface area contributed by atoms with Crippen LogP contribution in [0.1, 0.15) is 12.5 Å². The summed E-state index contributed by atoms with van der Waals surface area (Å²) in [5.74, 6) is -0.681. The minimum absolute atomic E-state index is 0.0466. The van der Waals surface area contributed by atoms with Crippen molar-refractivity contribution in [3.8, 4) is 0 Å². The molecule has 0 bridgehead atoms. The number of allylic oxidation sites excluding steroid dienone is 1. The Hall–Kier alpha value is -4.53. The third kappa shape index (κ3) is 6.73. The van der Waals surface area contributed by atoms with E-state index in [1.54, 1.807) is 36.5 Å². The van der Waals surface area contributed by atoms with Crippen molar-refractivity contribution in [3.05, 3.63) is 90.5 Å². The third-order valence-corrected chi connectivity index (χ3v) is 4.58. The Kier molecular flexibility index (Phi) is 8.07. The van der Waals surface area contributed by atoms with Crippen LogP contribution in [0.2, 0.25) is 0 Å². The van der Waals surface area contributed by atoms with Crippen LogP contribution in [0.25, 0.3) is 0 Å². The third-order valence-electron chi connectivity index (χ3n) is 4.58. The second-order valence-electron chi connectivity index (χ2n) is 7.37. The maximum absolute atomic E-state index is 14.3. The fraction of sp³-hybridized carbons (Fsp3) is 0.120. The maximum Gasteiger partial charge on any atom is 0.252 e. The average Bonchev–Trinajstić information content (AvgIpc) is 2.81. The number of halogens is 1. The van der Waals surface area contributed by atoms with E-state index in [4.69, 9.17) is 0 Å². The fourth-order valence-electron chi connectivity index (χ4n) is 2.99. The zero-order valence-corrected chi connectivity index (χ0v) is 19.0. The van der Waals surface area contributed by atoms with Crippen molar-refractivity contribution >= 4 is 41.5 Å². The van der Waals surface area contributed by atoms with Gasteiger partial charge in [0, 0.05) is 35.6 Å². The lowest BCUT2D eigenvalue weighted by Gasteiger charge is -2.15. The largest absolute Gasteiger partial charge is 0.338 e. The van der Waals surface area contributed by atoms with Crippen LogP contribution < -0.4 is 16.0 Å². The zero-order chi connectivity index (χ0) is 24.5. The molecule has 3 rings (SSSR count). The van der Waals surface area contributed by atoms with Crippen LogP contribution in [-0.4, -0.2) is 34.1 Å². The van der Waals surface area contributed by atoms with E-state index in [1.807, 2.05) is 38.1 Å². The van der Waals surface area contributed by atoms with Crippen molar-refractivity contribution in [2.75, 3.05) is 22.5 Å². The highest BCUT2D eigenvalue weighted by molar-refractivity contribution is 6.03. The molecule has 2 aromatic carbocycles. The summed E-state index contributed by atoms with van der Waals surface area (Å²) in [5.41, 5.74) is 3.22. The molecule has 9 heteroatoms. The SMILES string of the molecule is C=NN(/C=C\C)CC(=C)C(=O)Nc1cccc(Nc2ncc(F)c(Nc3cccc(C)c3)n2)c1. The maximum atomic E-state index is 14.3. The summed E-state index contributed by atoms with van der Waals surface area (Å²) in [7, 11) is 0. The summed E-state index contributed by atoms with van der Waals surface area (Å²) in [6, 6.07) is 14.5. The fourth-order valence-corrected chi connectivity index (χ4v) is 2.99. The van der Waals surface area contributed by atoms with Gasteiger partial charge in [-0.2, -0.15) is 10.1 Å². The summed E-state index contributed by atoms with van der Waals surface area (Å²) in [6.07, 6.45) is 4.57. The van der Waals surface area contributed by atoms with Gasteiger partial charge in [0.25, 0.3) is 5.91 Å². The topological polar surface area (TPSA) is 94.5 Å². The van der Waals surface area contributed by atoms with E-state index in [9.17, 15) is 9.18 Å². The summed E-state index contributed by atoms with van der Waals surface area (Å²) in [5, 5.41) is 14.1. The van der Waals surface area contributed by atoms with Gasteiger partial charge in [-0.15, -0.1) is 0 Å². The van der Waals surface area contributed by atoms with Gasteiger partial charge in [0.05, 0.1) is 12.7 Å². The molecule has 0 unspecified atom stereocenters. The van der Waals surface area contributed by atoms with Crippen molar-refractivity contribution in [1.29, 1.82) is 0 Å². The van der Waals surface area contributed by atoms with Crippen LogP contribution in [0.15, 0.2) is 84.3 Å². The van der Waals surface area contributed by atoms with Crippen LogP contribution in [-0.2, 0) is 4.79 Å². The molecule has 1 amide bonds. The molecule has 0 atom stereocenters. The number of benzene rings is 2. The molecule has 0 fully saturated rings. The quantitative estimate of drug-likeness (QED) is 0.215. The van der Waals surface area contributed by atoms with E-state index in [0.29, 0.717) is 22.6 Å². The first-order valence-corrected chi connectivity index (χ1v) is 10.5. The minimum atomic E-state index is -0.576. The van der Waals surface area contributed by atoms with E-state index in [0.717, 1.165) is 11.8 Å². The van der Waals surface area contributed by atoms with Gasteiger partial charge in [0.2, 0.25) is 5.95 Å². The van der Waals surface area contributed by atoms with Crippen LogP contribution >= 0.6 is 0 Å². The van der Waals surface area contributed by atoms with E-state index >= 15 is 0 Å². The van der Waals surface area contributed by atoms with Gasteiger partial charge in [-0.1, -0.05) is 30.9 Å². The molecule has 8 nitrogen and oxygen atoms in total. The molecule has 0 saturated carbocycles. The number of nitrogens with zero attached hydrogens (tertiary/aromatic N) is 4. The number of nitrogens with one attached hydrogen (secondary N) is 3. The van der Waals surface area contributed by atoms with Gasteiger partial charge in [0.15, 0.2) is 11.6 Å². The van der Waals surface area contributed by atoms with Crippen molar-refractivity contribution in [2.45, 2.75) is 13.8 Å². The van der Waals surface area contributed by atoms with Crippen molar-refractivity contribution in [1.82, 2.24) is 15.0 Å². The molecule has 3 N–H and O–H groups in total. The normalized spacial score (nSPS) is 10.6. The van der Waals surface area contributed by atoms with Gasteiger partial charge in [-0.05, 0) is 49.7 Å². The van der Waals surface area contributed by atoms with E-state index in [2.05, 4.69) is 44.3 Å². The molecule has 0 aliphatic carbocycles. The highest BCUT2D eigenvalue weighted by atomic mass is 19.1. The average molecular weight is 460 g/mol. The lowest BCUT2D eigenvalue weighted by Crippen LogP contribution is -2.22. The monoisotopic (exact) mass is 459 g/mol. The summed E-state index contributed by atoms with van der Waals surface area (Å²) in [6.45, 7) is 11.3. The number of carbonyl (C=O) groups excluding carboxylic acids is 1. The van der Waals surface area contributed by atoms with Crippen molar-refractivity contribution in [3.63, 3.8) is 0 Å². The molecule has 3 aromatic rings. The molecule has 0 saturated heterocycles. The smallest absolute Gasteiger partial charge is 0.252 e. The van der Waals surface area contributed by atoms with E-state index in [-0.39, 0.29) is 24.2 Å². The summed E-state index contributed by atoms with van der Waals surface area (Å²) in [4.78, 5) is 20.7. The first kappa shape index (κ1) is 24.1. The molecule has 1 heterocycles. The van der Waals surface area contributed by atoms with Gasteiger partial charge in [-0.3, -0.25) is 9.80 Å². The molecule has 0 radical (unpaired) electrons. The van der Waals surface area contributed by atoms with E-state index in [1.165, 1.54) is 5.01 Å². The molecular weight excluding hydrogens is 433 g/mol. The van der Waals surface area contributed by atoms with Gasteiger partial charge < -0.3 is 16.0 Å². The van der Waals surface area contributed by atoms with Crippen LogP contribution in [0.3, 0.4) is 0 Å². The Balaban J connectivity index is 1.68. The molecule has 1 aromatic heterocycles. The molecule has 34 heavy (non-hydrogen) atoms. The Morgan fingerprint density at radius 3 is 2.56 bits per heavy atom. The van der Waals surface area contributed by atoms with Crippen LogP contribution in [0.4, 0.5) is 33.2 Å². The second-order valence-corrected chi connectivity index (χ2v) is 7.37. The Morgan fingerprint density at radius 1 is 1.15 bits per heavy atom. The standard InChI is InChI=1S/C25H26FN7O/c1-5-12-33(27-4)16-18(3)24(34)30-20-10-7-11-21(14-20)31-25-28-15-22(26)23(32-25)29-19-9-6-8-17(2)13-19/h5-15H,3-4,16H2,1-2H3,(H,30,34)(H2,28,29,31,32)/b12-5-. The second kappa shape index (κ2) is 11.4. The lowest BCUT2D eigenvalue weighted by atomic mass is 10.2. The Labute approximate surface area is 197 Å². The predicted molar refractivity (Wildman–Crippen MR) is 135 cm³/mol. The van der Waals surface area contributed by atoms with Gasteiger partial charge in [0.1, 0.15) is 0 Å². The molecule has 0 aliphatic rings. The first-order valence-electron chi connectivity index (χ1n) is 10.5. The number of rotatable bonds is 10. The highest BCUT2D eigenvalue weighted by Gasteiger charge is 2.11. The number of carbonyl (C=O) groups is 1. The van der Waals surface area contributed by atoms with Crippen LogP contribution in [0, 0.1) is 12.7 Å². The Bertz CT molecular complexity index is 1230. The van der Waals surface area contributed by atoms with E-state index < -0.39 is 5.82 Å². The lowest BCUT2D eigenvalue weighted by molar-refractivity contribution is -0.113. The number of anilines is 5. The van der Waals surface area contributed by atoms with Crippen molar-refractivity contribution in [2.24, 2.45) is 5.10 Å². The van der Waals surface area contributed by atoms with Gasteiger partial charge >= 0.3 is 0 Å². The Morgan fingerprint density at radius 2 is 1.85 bits per heavy atom. The number of hydrogen-bond acceptors (Lipinski definition) is 7. The number of aryl methyl sites for hydroxylation is 1. The zero-order valence-electron chi connectivity index (χ0n) is 19.0. The first-order chi connectivity index (χ1) is 16.4. The number of hydrogen-bond donors (Lipinski definition) is 3.